The van der Waals surface area contributed by atoms with E-state index >= 15 is 0 Å². The van der Waals surface area contributed by atoms with Crippen molar-refractivity contribution in [3.63, 3.8) is 0 Å². The zero-order chi connectivity index (χ0) is 19.6. The van der Waals surface area contributed by atoms with E-state index in [4.69, 9.17) is 0 Å². The van der Waals surface area contributed by atoms with E-state index in [-0.39, 0.29) is 30.4 Å². The zero-order valence-corrected chi connectivity index (χ0v) is 16.6. The Hall–Kier alpha value is -1.93. The maximum atomic E-state index is 12.1. The summed E-state index contributed by atoms with van der Waals surface area (Å²) in [7, 11) is -3.05. The van der Waals surface area contributed by atoms with Gasteiger partial charge in [0.05, 0.1) is 5.75 Å². The molecule has 0 fully saturated rings. The average molecular weight is 384 g/mol. The lowest BCUT2D eigenvalue weighted by Crippen LogP contribution is -2.34. The molecule has 2 N–H and O–H groups in total. The van der Waals surface area contributed by atoms with Gasteiger partial charge in [-0.2, -0.15) is 0 Å². The van der Waals surface area contributed by atoms with Crippen molar-refractivity contribution < 1.29 is 18.0 Å². The highest BCUT2D eigenvalue weighted by molar-refractivity contribution is 7.90. The molecule has 26 heavy (non-hydrogen) atoms. The summed E-state index contributed by atoms with van der Waals surface area (Å²) in [6.07, 6.45) is 1.58. The number of rotatable bonds is 11. The molecule has 0 aliphatic carbocycles. The lowest BCUT2D eigenvalue weighted by molar-refractivity contribution is -0.116. The third-order valence-electron chi connectivity index (χ3n) is 3.96. The minimum absolute atomic E-state index is 0.00692. The van der Waals surface area contributed by atoms with Crippen molar-refractivity contribution in [3.8, 4) is 0 Å². The Morgan fingerprint density at radius 1 is 1.08 bits per heavy atom. The first-order chi connectivity index (χ1) is 12.2. The van der Waals surface area contributed by atoms with Crippen LogP contribution in [0.4, 0.5) is 5.69 Å². The quantitative estimate of drug-likeness (QED) is 0.604. The average Bonchev–Trinajstić information content (AvgIpc) is 2.58. The molecule has 0 unspecified atom stereocenters. The van der Waals surface area contributed by atoms with E-state index in [2.05, 4.69) is 29.4 Å². The summed E-state index contributed by atoms with van der Waals surface area (Å²) in [5.74, 6) is -0.402. The number of likely N-dealkylation sites (N-methyl/N-ethyl adjacent to an activating group) is 1. The van der Waals surface area contributed by atoms with E-state index in [1.165, 1.54) is 0 Å². The molecule has 0 spiro atoms. The number of nitrogens with zero attached hydrogens (tertiary/aromatic N) is 1. The van der Waals surface area contributed by atoms with Crippen LogP contribution in [0.15, 0.2) is 24.3 Å². The fraction of sp³-hybridized carbons (Fsp3) is 0.556. The van der Waals surface area contributed by atoms with Crippen LogP contribution < -0.4 is 10.6 Å². The second kappa shape index (κ2) is 10.9. The number of carbonyl (C=O) groups is 2. The summed E-state index contributed by atoms with van der Waals surface area (Å²) in [4.78, 5) is 26.1. The van der Waals surface area contributed by atoms with Crippen LogP contribution in [0.1, 0.15) is 37.0 Å². The predicted octanol–water partition coefficient (Wildman–Crippen LogP) is 1.52. The first kappa shape index (κ1) is 22.1. The Kier molecular flexibility index (Phi) is 9.29. The van der Waals surface area contributed by atoms with E-state index in [9.17, 15) is 18.0 Å². The van der Waals surface area contributed by atoms with Crippen LogP contribution in [0.2, 0.25) is 0 Å². The molecule has 0 aliphatic rings. The molecule has 1 aromatic rings. The Labute approximate surface area is 156 Å². The molecule has 0 atom stereocenters. The highest BCUT2D eigenvalue weighted by Gasteiger charge is 2.09. The van der Waals surface area contributed by atoms with Crippen LogP contribution in [-0.2, 0) is 14.6 Å². The first-order valence-corrected chi connectivity index (χ1v) is 10.9. The van der Waals surface area contributed by atoms with Gasteiger partial charge in [0.1, 0.15) is 9.84 Å². The molecule has 8 heteroatoms. The Balaban J connectivity index is 2.42. The molecule has 2 amide bonds. The minimum Gasteiger partial charge on any atom is -0.351 e. The van der Waals surface area contributed by atoms with Crippen molar-refractivity contribution in [1.82, 2.24) is 10.2 Å². The van der Waals surface area contributed by atoms with E-state index in [0.29, 0.717) is 17.8 Å². The van der Waals surface area contributed by atoms with Crippen molar-refractivity contribution in [1.29, 1.82) is 0 Å². The third-order valence-corrected chi connectivity index (χ3v) is 4.99. The Morgan fingerprint density at radius 2 is 1.69 bits per heavy atom. The van der Waals surface area contributed by atoms with Gasteiger partial charge in [0.15, 0.2) is 0 Å². The lowest BCUT2D eigenvalue weighted by Gasteiger charge is -2.18. The van der Waals surface area contributed by atoms with E-state index in [0.717, 1.165) is 25.9 Å². The van der Waals surface area contributed by atoms with Crippen molar-refractivity contribution in [2.45, 2.75) is 26.7 Å². The summed E-state index contributed by atoms with van der Waals surface area (Å²) < 4.78 is 22.1. The molecule has 0 aromatic heterocycles. The van der Waals surface area contributed by atoms with Crippen LogP contribution in [0, 0.1) is 0 Å². The molecule has 146 valence electrons. The van der Waals surface area contributed by atoms with Crippen LogP contribution in [-0.4, -0.2) is 63.3 Å². The summed E-state index contributed by atoms with van der Waals surface area (Å²) in [5, 5.41) is 5.57. The number of hydrogen-bond acceptors (Lipinski definition) is 5. The zero-order valence-electron chi connectivity index (χ0n) is 15.7. The number of benzene rings is 1. The molecular formula is C18H29N3O4S. The number of nitrogens with one attached hydrogen (secondary N) is 2. The number of hydrogen-bond donors (Lipinski definition) is 2. The molecule has 0 saturated carbocycles. The van der Waals surface area contributed by atoms with Gasteiger partial charge in [0.2, 0.25) is 5.91 Å². The largest absolute Gasteiger partial charge is 0.351 e. The molecule has 0 heterocycles. The van der Waals surface area contributed by atoms with Gasteiger partial charge >= 0.3 is 0 Å². The molecule has 0 radical (unpaired) electrons. The van der Waals surface area contributed by atoms with Gasteiger partial charge in [-0.05, 0) is 43.8 Å². The smallest absolute Gasteiger partial charge is 0.251 e. The second-order valence-corrected chi connectivity index (χ2v) is 8.40. The Morgan fingerprint density at radius 3 is 2.23 bits per heavy atom. The minimum atomic E-state index is -3.05. The highest BCUT2D eigenvalue weighted by Crippen LogP contribution is 2.10. The SMILES string of the molecule is CCN(CC)CCNC(=O)c1ccc(NC(=O)CCCS(C)(=O)=O)cc1. The summed E-state index contributed by atoms with van der Waals surface area (Å²) in [6.45, 7) is 7.45. The van der Waals surface area contributed by atoms with Gasteiger partial charge in [0.25, 0.3) is 5.91 Å². The molecule has 0 bridgehead atoms. The number of anilines is 1. The predicted molar refractivity (Wildman–Crippen MR) is 104 cm³/mol. The molecule has 0 saturated heterocycles. The first-order valence-electron chi connectivity index (χ1n) is 8.83. The summed E-state index contributed by atoms with van der Waals surface area (Å²) in [5.41, 5.74) is 1.11. The maximum Gasteiger partial charge on any atom is 0.251 e. The topological polar surface area (TPSA) is 95.6 Å². The molecule has 1 rings (SSSR count). The van der Waals surface area contributed by atoms with Gasteiger partial charge < -0.3 is 15.5 Å². The fourth-order valence-corrected chi connectivity index (χ4v) is 3.06. The van der Waals surface area contributed by atoms with Crippen molar-refractivity contribution in [2.24, 2.45) is 0 Å². The molecule has 0 aliphatic heterocycles. The van der Waals surface area contributed by atoms with E-state index in [1.54, 1.807) is 24.3 Å². The van der Waals surface area contributed by atoms with Crippen LogP contribution >= 0.6 is 0 Å². The summed E-state index contributed by atoms with van der Waals surface area (Å²) in [6, 6.07) is 6.62. The van der Waals surface area contributed by atoms with Gasteiger partial charge in [-0.15, -0.1) is 0 Å². The molecular weight excluding hydrogens is 354 g/mol. The molecule has 7 nitrogen and oxygen atoms in total. The van der Waals surface area contributed by atoms with Gasteiger partial charge in [-0.1, -0.05) is 13.8 Å². The normalized spacial score (nSPS) is 11.4. The standard InChI is InChI=1S/C18H29N3O4S/c1-4-21(5-2)13-12-19-18(23)15-8-10-16(11-9-15)20-17(22)7-6-14-26(3,24)25/h8-11H,4-7,12-14H2,1-3H3,(H,19,23)(H,20,22). The number of carbonyl (C=O) groups excluding carboxylic acids is 2. The fourth-order valence-electron chi connectivity index (χ4n) is 2.39. The third kappa shape index (κ3) is 8.96. The monoisotopic (exact) mass is 383 g/mol. The lowest BCUT2D eigenvalue weighted by atomic mass is 10.2. The Bertz CT molecular complexity index is 683. The maximum absolute atomic E-state index is 12.1. The van der Waals surface area contributed by atoms with Gasteiger partial charge in [0, 0.05) is 37.0 Å². The number of sulfone groups is 1. The van der Waals surface area contributed by atoms with Crippen LogP contribution in [0.5, 0.6) is 0 Å². The van der Waals surface area contributed by atoms with Crippen LogP contribution in [0.3, 0.4) is 0 Å². The van der Waals surface area contributed by atoms with Gasteiger partial charge in [-0.3, -0.25) is 9.59 Å². The van der Waals surface area contributed by atoms with Crippen molar-refractivity contribution in [2.75, 3.05) is 43.5 Å². The molecule has 1 aromatic carbocycles. The summed E-state index contributed by atoms with van der Waals surface area (Å²) >= 11 is 0. The number of amides is 2. The van der Waals surface area contributed by atoms with Gasteiger partial charge in [-0.25, -0.2) is 8.42 Å². The van der Waals surface area contributed by atoms with Crippen LogP contribution in [0.25, 0.3) is 0 Å². The van der Waals surface area contributed by atoms with E-state index in [1.807, 2.05) is 0 Å². The second-order valence-electron chi connectivity index (χ2n) is 6.14. The van der Waals surface area contributed by atoms with Crippen molar-refractivity contribution in [3.05, 3.63) is 29.8 Å². The van der Waals surface area contributed by atoms with Crippen molar-refractivity contribution >= 4 is 27.3 Å². The highest BCUT2D eigenvalue weighted by atomic mass is 32.2. The van der Waals surface area contributed by atoms with E-state index < -0.39 is 9.84 Å².